The van der Waals surface area contributed by atoms with Gasteiger partial charge in [0.25, 0.3) is 0 Å². The zero-order chi connectivity index (χ0) is 13.8. The zero-order valence-corrected chi connectivity index (χ0v) is 10.6. The van der Waals surface area contributed by atoms with Crippen LogP contribution < -0.4 is 4.90 Å². The maximum Gasteiger partial charge on any atom is 0.331 e. The summed E-state index contributed by atoms with van der Waals surface area (Å²) in [5.41, 5.74) is 0.506. The summed E-state index contributed by atoms with van der Waals surface area (Å²) >= 11 is 0. The third-order valence-electron chi connectivity index (χ3n) is 2.41. The van der Waals surface area contributed by atoms with Crippen molar-refractivity contribution in [3.8, 4) is 0 Å². The van der Waals surface area contributed by atoms with Crippen molar-refractivity contribution in [1.29, 1.82) is 0 Å². The molecule has 0 aliphatic rings. The lowest BCUT2D eigenvalue weighted by Crippen LogP contribution is -2.36. The number of urea groups is 1. The fourth-order valence-corrected chi connectivity index (χ4v) is 1.51. The van der Waals surface area contributed by atoms with Gasteiger partial charge in [-0.05, 0) is 30.3 Å². The number of anilines is 2. The van der Waals surface area contributed by atoms with E-state index in [1.165, 1.54) is 34.1 Å². The predicted molar refractivity (Wildman–Crippen MR) is 69.7 cm³/mol. The van der Waals surface area contributed by atoms with Crippen LogP contribution in [-0.2, 0) is 0 Å². The lowest BCUT2D eigenvalue weighted by Gasteiger charge is -2.24. The Bertz CT molecular complexity index is 557. The van der Waals surface area contributed by atoms with Crippen LogP contribution in [0.3, 0.4) is 0 Å². The molecule has 0 saturated carbocycles. The number of carbonyl (C=O) groups is 1. The number of hydrogen-bond donors (Lipinski definition) is 0. The smallest absolute Gasteiger partial charge is 0.330 e. The molecule has 2 rings (SSSR count). The molecule has 0 N–H and O–H groups in total. The van der Waals surface area contributed by atoms with Gasteiger partial charge in [-0.3, -0.25) is 0 Å². The van der Waals surface area contributed by atoms with E-state index >= 15 is 0 Å². The van der Waals surface area contributed by atoms with Gasteiger partial charge in [0.05, 0.1) is 5.69 Å². The maximum atomic E-state index is 13.0. The molecule has 1 heterocycles. The van der Waals surface area contributed by atoms with E-state index in [2.05, 4.69) is 9.97 Å². The summed E-state index contributed by atoms with van der Waals surface area (Å²) in [7, 11) is 3.25. The van der Waals surface area contributed by atoms with Crippen molar-refractivity contribution in [1.82, 2.24) is 14.9 Å². The molecule has 0 radical (unpaired) electrons. The van der Waals surface area contributed by atoms with Crippen molar-refractivity contribution in [2.45, 2.75) is 0 Å². The summed E-state index contributed by atoms with van der Waals surface area (Å²) in [6.45, 7) is 0. The minimum absolute atomic E-state index is 0.243. The molecular formula is C13H13FN4O. The van der Waals surface area contributed by atoms with Gasteiger partial charge in [-0.15, -0.1) is 0 Å². The Morgan fingerprint density at radius 2 is 1.68 bits per heavy atom. The molecule has 2 amide bonds. The summed E-state index contributed by atoms with van der Waals surface area (Å²) < 4.78 is 13.0. The van der Waals surface area contributed by atoms with Crippen LogP contribution in [0.4, 0.5) is 20.8 Å². The first-order valence-corrected chi connectivity index (χ1v) is 5.63. The van der Waals surface area contributed by atoms with Crippen LogP contribution in [0.25, 0.3) is 0 Å². The number of hydrogen-bond acceptors (Lipinski definition) is 3. The lowest BCUT2D eigenvalue weighted by molar-refractivity contribution is 0.226. The SMILES string of the molecule is CN(C)C(=O)N(c1ccc(F)cc1)c1ncccn1. The van der Waals surface area contributed by atoms with Gasteiger partial charge >= 0.3 is 6.03 Å². The summed E-state index contributed by atoms with van der Waals surface area (Å²) in [4.78, 5) is 23.0. The third-order valence-corrected chi connectivity index (χ3v) is 2.41. The second kappa shape index (κ2) is 5.43. The number of halogens is 1. The minimum Gasteiger partial charge on any atom is -0.330 e. The second-order valence-electron chi connectivity index (χ2n) is 4.04. The number of nitrogens with zero attached hydrogens (tertiary/aromatic N) is 4. The lowest BCUT2D eigenvalue weighted by atomic mass is 10.3. The Morgan fingerprint density at radius 1 is 1.11 bits per heavy atom. The Kier molecular flexibility index (Phi) is 3.70. The molecule has 0 fully saturated rings. The van der Waals surface area contributed by atoms with E-state index in [0.717, 1.165) is 0 Å². The van der Waals surface area contributed by atoms with Crippen molar-refractivity contribution >= 4 is 17.7 Å². The first-order chi connectivity index (χ1) is 9.09. The highest BCUT2D eigenvalue weighted by atomic mass is 19.1. The molecule has 1 aromatic heterocycles. The van der Waals surface area contributed by atoms with Gasteiger partial charge in [0.1, 0.15) is 5.82 Å². The quantitative estimate of drug-likeness (QED) is 0.833. The van der Waals surface area contributed by atoms with E-state index in [4.69, 9.17) is 0 Å². The van der Waals surface area contributed by atoms with Crippen LogP contribution >= 0.6 is 0 Å². The molecule has 0 aliphatic carbocycles. The molecule has 0 atom stereocenters. The van der Waals surface area contributed by atoms with Crippen LogP contribution in [0.2, 0.25) is 0 Å². The molecule has 0 spiro atoms. The minimum atomic E-state index is -0.366. The van der Waals surface area contributed by atoms with Crippen molar-refractivity contribution in [3.05, 3.63) is 48.5 Å². The standard InChI is InChI=1S/C13H13FN4O/c1-17(2)13(19)18(12-15-8-3-9-16-12)11-6-4-10(14)5-7-11/h3-9H,1-2H3. The van der Waals surface area contributed by atoms with Crippen LogP contribution in [0.15, 0.2) is 42.7 Å². The van der Waals surface area contributed by atoms with Crippen molar-refractivity contribution in [2.75, 3.05) is 19.0 Å². The molecule has 98 valence electrons. The average molecular weight is 260 g/mol. The van der Waals surface area contributed by atoms with Crippen LogP contribution in [0.1, 0.15) is 0 Å². The van der Waals surface area contributed by atoms with Gasteiger partial charge in [-0.25, -0.2) is 24.1 Å². The third kappa shape index (κ3) is 2.85. The van der Waals surface area contributed by atoms with Gasteiger partial charge in [0.2, 0.25) is 5.95 Å². The van der Waals surface area contributed by atoms with Crippen molar-refractivity contribution in [2.24, 2.45) is 0 Å². The largest absolute Gasteiger partial charge is 0.331 e. The van der Waals surface area contributed by atoms with Gasteiger partial charge in [0.15, 0.2) is 0 Å². The molecule has 6 heteroatoms. The number of benzene rings is 1. The summed E-state index contributed by atoms with van der Waals surface area (Å²) in [6.07, 6.45) is 3.09. The Hall–Kier alpha value is -2.50. The monoisotopic (exact) mass is 260 g/mol. The van der Waals surface area contributed by atoms with E-state index in [-0.39, 0.29) is 17.8 Å². The molecule has 0 saturated heterocycles. The number of aromatic nitrogens is 2. The number of carbonyl (C=O) groups excluding carboxylic acids is 1. The van der Waals surface area contributed by atoms with E-state index in [1.807, 2.05) is 0 Å². The first-order valence-electron chi connectivity index (χ1n) is 5.63. The highest BCUT2D eigenvalue weighted by molar-refractivity contribution is 5.97. The van der Waals surface area contributed by atoms with Gasteiger partial charge in [0, 0.05) is 26.5 Å². The summed E-state index contributed by atoms with van der Waals surface area (Å²) in [5, 5.41) is 0. The van der Waals surface area contributed by atoms with Crippen LogP contribution in [0.5, 0.6) is 0 Å². The molecule has 2 aromatic rings. The fourth-order valence-electron chi connectivity index (χ4n) is 1.51. The highest BCUT2D eigenvalue weighted by Gasteiger charge is 2.21. The van der Waals surface area contributed by atoms with Gasteiger partial charge in [-0.1, -0.05) is 0 Å². The molecule has 0 aliphatic heterocycles. The van der Waals surface area contributed by atoms with Gasteiger partial charge < -0.3 is 4.90 Å². The van der Waals surface area contributed by atoms with E-state index in [9.17, 15) is 9.18 Å². The predicted octanol–water partition coefficient (Wildman–Crippen LogP) is 2.44. The molecular weight excluding hydrogens is 247 g/mol. The van der Waals surface area contributed by atoms with Crippen molar-refractivity contribution in [3.63, 3.8) is 0 Å². The van der Waals surface area contributed by atoms with Gasteiger partial charge in [-0.2, -0.15) is 0 Å². The fraction of sp³-hybridized carbons (Fsp3) is 0.154. The Balaban J connectivity index is 2.46. The maximum absolute atomic E-state index is 13.0. The van der Waals surface area contributed by atoms with E-state index < -0.39 is 0 Å². The molecule has 19 heavy (non-hydrogen) atoms. The zero-order valence-electron chi connectivity index (χ0n) is 10.6. The molecule has 0 bridgehead atoms. The summed E-state index contributed by atoms with van der Waals surface area (Å²) in [6, 6.07) is 6.94. The first kappa shape index (κ1) is 12.9. The average Bonchev–Trinajstić information content (AvgIpc) is 2.42. The van der Waals surface area contributed by atoms with Crippen LogP contribution in [0, 0.1) is 5.82 Å². The normalized spacial score (nSPS) is 10.1. The molecule has 1 aromatic carbocycles. The number of amides is 2. The topological polar surface area (TPSA) is 49.3 Å². The number of rotatable bonds is 2. The van der Waals surface area contributed by atoms with Crippen LogP contribution in [-0.4, -0.2) is 35.0 Å². The van der Waals surface area contributed by atoms with E-state index in [0.29, 0.717) is 5.69 Å². The highest BCUT2D eigenvalue weighted by Crippen LogP contribution is 2.22. The molecule has 0 unspecified atom stereocenters. The molecule has 5 nitrogen and oxygen atoms in total. The van der Waals surface area contributed by atoms with Crippen molar-refractivity contribution < 1.29 is 9.18 Å². The van der Waals surface area contributed by atoms with E-state index in [1.54, 1.807) is 32.6 Å². The summed E-state index contributed by atoms with van der Waals surface area (Å²) in [5.74, 6) is -0.122. The Labute approximate surface area is 110 Å². The second-order valence-corrected chi connectivity index (χ2v) is 4.04. The Morgan fingerprint density at radius 3 is 2.21 bits per heavy atom.